The van der Waals surface area contributed by atoms with Crippen LogP contribution in [0.4, 0.5) is 19.7 Å². The third kappa shape index (κ3) is 5.41. The maximum absolute atomic E-state index is 13.7. The van der Waals surface area contributed by atoms with E-state index in [-0.39, 0.29) is 32.5 Å². The fraction of sp³-hybridized carbons (Fsp3) is 0.385. The van der Waals surface area contributed by atoms with E-state index in [1.165, 1.54) is 33.9 Å². The first kappa shape index (κ1) is 28.3. The van der Waals surface area contributed by atoms with E-state index < -0.39 is 58.1 Å². The van der Waals surface area contributed by atoms with Crippen molar-refractivity contribution in [2.45, 2.75) is 43.8 Å². The van der Waals surface area contributed by atoms with Crippen LogP contribution in [0.3, 0.4) is 0 Å². The van der Waals surface area contributed by atoms with E-state index in [0.29, 0.717) is 29.7 Å². The molecule has 1 spiro atoms. The van der Waals surface area contributed by atoms with Crippen LogP contribution in [-0.4, -0.2) is 77.2 Å². The zero-order chi connectivity index (χ0) is 29.5. The Hall–Kier alpha value is -4.24. The molecular weight excluding hydrogens is 559 g/mol. The molecule has 2 aromatic rings. The molecule has 5 rings (SSSR count). The second-order valence-corrected chi connectivity index (χ2v) is 12.0. The highest BCUT2D eigenvalue weighted by Gasteiger charge is 2.56. The zero-order valence-electron chi connectivity index (χ0n) is 21.9. The van der Waals surface area contributed by atoms with Gasteiger partial charge in [-0.15, -0.1) is 0 Å². The molecule has 41 heavy (non-hydrogen) atoms. The number of hydrogen-bond donors (Lipinski definition) is 4. The number of nitrogen functional groups attached to an aromatic ring is 1. The van der Waals surface area contributed by atoms with Crippen molar-refractivity contribution in [3.8, 4) is 0 Å². The highest BCUT2D eigenvalue weighted by atomic mass is 32.2. The van der Waals surface area contributed by atoms with Gasteiger partial charge in [0.1, 0.15) is 17.9 Å². The standard InChI is InChI=1S/C26H29FN6O7S/c27-18-3-1-16(2-4-18)14-32(20-8-11-31(12-9-20)41(39,40)30-25(37)38)22(34)15-33-23(35)26(29-24(33)36)10-7-17-13-19(28)5-6-21(17)26/h1-6,13,20,30H,7-12,14-15,28H2,(H,29,36)(H,37,38)/t26-/m0/s1. The van der Waals surface area contributed by atoms with E-state index in [9.17, 15) is 32.0 Å². The molecule has 5 N–H and O–H groups in total. The Morgan fingerprint density at radius 2 is 1.83 bits per heavy atom. The van der Waals surface area contributed by atoms with Gasteiger partial charge in [-0.1, -0.05) is 18.2 Å². The van der Waals surface area contributed by atoms with Gasteiger partial charge in [-0.3, -0.25) is 14.5 Å². The first-order valence-corrected chi connectivity index (χ1v) is 14.4. The van der Waals surface area contributed by atoms with Gasteiger partial charge in [-0.25, -0.2) is 18.7 Å². The Kier molecular flexibility index (Phi) is 7.33. The van der Waals surface area contributed by atoms with E-state index >= 15 is 0 Å². The lowest BCUT2D eigenvalue weighted by molar-refractivity contribution is -0.141. The molecule has 218 valence electrons. The molecule has 0 bridgehead atoms. The molecule has 2 aliphatic heterocycles. The molecule has 3 aliphatic rings. The van der Waals surface area contributed by atoms with E-state index in [2.05, 4.69) is 5.32 Å². The SMILES string of the molecule is Nc1ccc2c(c1)CC[C@]21NC(=O)N(CC(=O)N(Cc2ccc(F)cc2)C2CCN(S(=O)(=O)NC(=O)O)CC2)C1=O. The van der Waals surface area contributed by atoms with Gasteiger partial charge in [0.05, 0.1) is 0 Å². The lowest BCUT2D eigenvalue weighted by Crippen LogP contribution is -2.53. The number of rotatable bonds is 7. The number of nitrogens with one attached hydrogen (secondary N) is 2. The third-order valence-corrected chi connectivity index (χ3v) is 9.31. The molecule has 1 atom stereocenters. The smallest absolute Gasteiger partial charge is 0.419 e. The van der Waals surface area contributed by atoms with Gasteiger partial charge < -0.3 is 21.1 Å². The highest BCUT2D eigenvalue weighted by Crippen LogP contribution is 2.42. The number of amides is 5. The number of nitrogens with two attached hydrogens (primary N) is 1. The van der Waals surface area contributed by atoms with Crippen molar-refractivity contribution in [1.29, 1.82) is 0 Å². The van der Waals surface area contributed by atoms with Gasteiger partial charge in [0.2, 0.25) is 5.91 Å². The van der Waals surface area contributed by atoms with Crippen LogP contribution in [0.1, 0.15) is 36.0 Å². The number of aryl methyl sites for hydroxylation is 1. The molecule has 15 heteroatoms. The Morgan fingerprint density at radius 3 is 2.49 bits per heavy atom. The summed E-state index contributed by atoms with van der Waals surface area (Å²) in [7, 11) is -4.26. The maximum Gasteiger partial charge on any atom is 0.419 e. The number of imide groups is 1. The van der Waals surface area contributed by atoms with E-state index in [4.69, 9.17) is 10.8 Å². The van der Waals surface area contributed by atoms with Gasteiger partial charge >= 0.3 is 22.3 Å². The minimum absolute atomic E-state index is 0.0286. The Balaban J connectivity index is 1.35. The summed E-state index contributed by atoms with van der Waals surface area (Å²) in [6.07, 6.45) is -0.501. The summed E-state index contributed by atoms with van der Waals surface area (Å²) in [5.74, 6) is -1.54. The summed E-state index contributed by atoms with van der Waals surface area (Å²) in [6, 6.07) is 9.45. The number of fused-ring (bicyclic) bond motifs is 2. The summed E-state index contributed by atoms with van der Waals surface area (Å²) in [4.78, 5) is 53.6. The number of carbonyl (C=O) groups excluding carboxylic acids is 3. The second kappa shape index (κ2) is 10.6. The van der Waals surface area contributed by atoms with E-state index in [0.717, 1.165) is 14.8 Å². The molecule has 2 saturated heterocycles. The molecule has 13 nitrogen and oxygen atoms in total. The largest absolute Gasteiger partial charge is 0.464 e. The number of carbonyl (C=O) groups is 4. The summed E-state index contributed by atoms with van der Waals surface area (Å²) >= 11 is 0. The molecule has 2 fully saturated rings. The number of anilines is 1. The quantitative estimate of drug-likeness (QED) is 0.274. The second-order valence-electron chi connectivity index (χ2n) is 10.3. The van der Waals surface area contributed by atoms with Gasteiger partial charge in [0.15, 0.2) is 0 Å². The van der Waals surface area contributed by atoms with Crippen molar-refractivity contribution >= 4 is 39.8 Å². The van der Waals surface area contributed by atoms with Gasteiger partial charge in [0, 0.05) is 31.4 Å². The topological polar surface area (TPSA) is 182 Å². The van der Waals surface area contributed by atoms with Gasteiger partial charge in [-0.05, 0) is 66.6 Å². The Morgan fingerprint density at radius 1 is 1.15 bits per heavy atom. The minimum Gasteiger partial charge on any atom is -0.464 e. The summed E-state index contributed by atoms with van der Waals surface area (Å²) < 4.78 is 40.6. The van der Waals surface area contributed by atoms with Gasteiger partial charge in [-0.2, -0.15) is 12.7 Å². The van der Waals surface area contributed by atoms with Crippen LogP contribution in [0.15, 0.2) is 42.5 Å². The average Bonchev–Trinajstić information content (AvgIpc) is 3.39. The number of carboxylic acid groups (broad SMARTS) is 1. The summed E-state index contributed by atoms with van der Waals surface area (Å²) in [5.41, 5.74) is 7.24. The van der Waals surface area contributed by atoms with Crippen LogP contribution in [0, 0.1) is 5.82 Å². The molecule has 0 saturated carbocycles. The monoisotopic (exact) mass is 588 g/mol. The molecule has 0 unspecified atom stereocenters. The van der Waals surface area contributed by atoms with Crippen LogP contribution in [0.5, 0.6) is 0 Å². The molecule has 5 amide bonds. The van der Waals surface area contributed by atoms with E-state index in [1.54, 1.807) is 18.2 Å². The molecule has 2 aromatic carbocycles. The Bertz CT molecular complexity index is 1510. The van der Waals surface area contributed by atoms with Gasteiger partial charge in [0.25, 0.3) is 5.91 Å². The van der Waals surface area contributed by atoms with E-state index in [1.807, 2.05) is 0 Å². The number of nitrogens with zero attached hydrogens (tertiary/aromatic N) is 3. The molecule has 2 heterocycles. The molecular formula is C26H29FN6O7S. The molecule has 0 radical (unpaired) electrons. The molecule has 0 aromatic heterocycles. The van der Waals surface area contributed by atoms with Crippen molar-refractivity contribution in [3.05, 3.63) is 65.0 Å². The van der Waals surface area contributed by atoms with Crippen LogP contribution < -0.4 is 15.8 Å². The predicted molar refractivity (Wildman–Crippen MR) is 143 cm³/mol. The minimum atomic E-state index is -4.26. The summed E-state index contributed by atoms with van der Waals surface area (Å²) in [6.45, 7) is -0.642. The first-order chi connectivity index (χ1) is 19.4. The van der Waals surface area contributed by atoms with Crippen LogP contribution in [0.2, 0.25) is 0 Å². The number of urea groups is 1. The predicted octanol–water partition coefficient (Wildman–Crippen LogP) is 1.11. The van der Waals surface area contributed by atoms with Crippen LogP contribution in [-0.2, 0) is 38.3 Å². The number of benzene rings is 2. The molecule has 1 aliphatic carbocycles. The zero-order valence-corrected chi connectivity index (χ0v) is 22.7. The highest BCUT2D eigenvalue weighted by molar-refractivity contribution is 7.87. The van der Waals surface area contributed by atoms with Crippen LogP contribution >= 0.6 is 0 Å². The number of hydrogen-bond acceptors (Lipinski definition) is 7. The average molecular weight is 589 g/mol. The number of piperidine rings is 1. The van der Waals surface area contributed by atoms with Crippen molar-refractivity contribution in [2.75, 3.05) is 25.4 Å². The Labute approximate surface area is 235 Å². The lowest BCUT2D eigenvalue weighted by atomic mass is 9.91. The van der Waals surface area contributed by atoms with Crippen molar-refractivity contribution in [1.82, 2.24) is 24.1 Å². The summed E-state index contributed by atoms with van der Waals surface area (Å²) in [5, 5.41) is 11.6. The number of halogens is 1. The van der Waals surface area contributed by atoms with Crippen molar-refractivity contribution < 1.29 is 37.1 Å². The lowest BCUT2D eigenvalue weighted by Gasteiger charge is -2.38. The fourth-order valence-corrected chi connectivity index (χ4v) is 6.86. The van der Waals surface area contributed by atoms with Crippen molar-refractivity contribution in [2.24, 2.45) is 0 Å². The fourth-order valence-electron chi connectivity index (χ4n) is 5.82. The normalized spacial score (nSPS) is 21.1. The van der Waals surface area contributed by atoms with Crippen molar-refractivity contribution in [3.63, 3.8) is 0 Å². The van der Waals surface area contributed by atoms with Crippen LogP contribution in [0.25, 0.3) is 0 Å². The maximum atomic E-state index is 13.7. The third-order valence-electron chi connectivity index (χ3n) is 7.83. The first-order valence-electron chi connectivity index (χ1n) is 13.0.